The molecule has 5 aliphatic carbocycles. The molecule has 2 heteroatoms. The van der Waals surface area contributed by atoms with E-state index in [-0.39, 0.29) is 10.9 Å². The molecular formula is C15H14OS. The monoisotopic (exact) mass is 242 g/mol. The minimum atomic E-state index is -0.234. The summed E-state index contributed by atoms with van der Waals surface area (Å²) >= 11 is 1.94. The minimum Gasteiger partial charge on any atom is -0.388 e. The van der Waals surface area contributed by atoms with Crippen LogP contribution in [0.2, 0.25) is 0 Å². The third kappa shape index (κ3) is 0.880. The van der Waals surface area contributed by atoms with Crippen LogP contribution in [0, 0.1) is 29.6 Å². The van der Waals surface area contributed by atoms with Crippen LogP contribution in [-0.4, -0.2) is 16.0 Å². The molecule has 86 valence electrons. The Bertz CT molecular complexity index is 515. The van der Waals surface area contributed by atoms with E-state index >= 15 is 0 Å². The van der Waals surface area contributed by atoms with Crippen molar-refractivity contribution in [2.24, 2.45) is 29.6 Å². The van der Waals surface area contributed by atoms with Gasteiger partial charge in [0.15, 0.2) is 0 Å². The summed E-state index contributed by atoms with van der Waals surface area (Å²) < 4.78 is 0.0986. The van der Waals surface area contributed by atoms with Gasteiger partial charge in [0.1, 0.15) is 0 Å². The van der Waals surface area contributed by atoms with Crippen molar-refractivity contribution in [2.45, 2.75) is 15.7 Å². The van der Waals surface area contributed by atoms with Gasteiger partial charge in [-0.05, 0) is 41.7 Å². The maximum Gasteiger partial charge on any atom is 0.0879 e. The molecule has 0 aliphatic heterocycles. The molecule has 17 heavy (non-hydrogen) atoms. The predicted molar refractivity (Wildman–Crippen MR) is 67.6 cm³/mol. The van der Waals surface area contributed by atoms with Gasteiger partial charge in [-0.1, -0.05) is 30.4 Å². The first-order valence-electron chi connectivity index (χ1n) is 6.44. The Morgan fingerprint density at radius 1 is 1.00 bits per heavy atom. The SMILES string of the molecule is O[C@H]1C=C[C@@H]2C3[C@@H]4C([C@H]34)[C@@]21Sc1ccccc1. The predicted octanol–water partition coefficient (Wildman–Crippen LogP) is 2.57. The van der Waals surface area contributed by atoms with Crippen molar-refractivity contribution in [3.8, 4) is 0 Å². The highest BCUT2D eigenvalue weighted by molar-refractivity contribution is 8.00. The molecule has 0 spiro atoms. The maximum atomic E-state index is 10.4. The Balaban J connectivity index is 1.57. The van der Waals surface area contributed by atoms with E-state index in [9.17, 15) is 5.11 Å². The Kier molecular flexibility index (Phi) is 1.44. The van der Waals surface area contributed by atoms with Gasteiger partial charge >= 0.3 is 0 Å². The molecule has 1 N–H and O–H groups in total. The van der Waals surface area contributed by atoms with E-state index in [1.54, 1.807) is 0 Å². The number of allylic oxidation sites excluding steroid dienone is 1. The number of thioether (sulfide) groups is 1. The summed E-state index contributed by atoms with van der Waals surface area (Å²) in [6, 6.07) is 10.6. The van der Waals surface area contributed by atoms with Gasteiger partial charge in [0.2, 0.25) is 0 Å². The van der Waals surface area contributed by atoms with Crippen molar-refractivity contribution in [3.05, 3.63) is 42.5 Å². The fourth-order valence-electron chi connectivity index (χ4n) is 4.62. The summed E-state index contributed by atoms with van der Waals surface area (Å²) in [7, 11) is 0. The zero-order valence-electron chi connectivity index (χ0n) is 9.36. The van der Waals surface area contributed by atoms with Gasteiger partial charge in [0, 0.05) is 4.90 Å². The van der Waals surface area contributed by atoms with Gasteiger partial charge in [-0.3, -0.25) is 0 Å². The molecule has 0 saturated heterocycles. The lowest BCUT2D eigenvalue weighted by Crippen LogP contribution is -2.38. The van der Waals surface area contributed by atoms with Gasteiger partial charge in [0.25, 0.3) is 0 Å². The van der Waals surface area contributed by atoms with E-state index < -0.39 is 0 Å². The van der Waals surface area contributed by atoms with Gasteiger partial charge in [-0.2, -0.15) is 0 Å². The molecule has 0 amide bonds. The molecule has 6 rings (SSSR count). The van der Waals surface area contributed by atoms with Crippen LogP contribution in [0.25, 0.3) is 0 Å². The number of aliphatic hydroxyl groups excluding tert-OH is 1. The molecule has 1 nitrogen and oxygen atoms in total. The zero-order chi connectivity index (χ0) is 11.2. The lowest BCUT2D eigenvalue weighted by molar-refractivity contribution is 0.169. The number of hydrogen-bond acceptors (Lipinski definition) is 2. The number of aliphatic hydroxyl groups is 1. The lowest BCUT2D eigenvalue weighted by atomic mass is 9.96. The summed E-state index contributed by atoms with van der Waals surface area (Å²) in [5.41, 5.74) is 0. The second-order valence-corrected chi connectivity index (χ2v) is 7.26. The van der Waals surface area contributed by atoms with E-state index in [0.29, 0.717) is 5.92 Å². The van der Waals surface area contributed by atoms with Gasteiger partial charge < -0.3 is 5.11 Å². The highest BCUT2D eigenvalue weighted by Crippen LogP contribution is 2.90. The fourth-order valence-corrected chi connectivity index (χ4v) is 6.34. The van der Waals surface area contributed by atoms with Crippen molar-refractivity contribution >= 4 is 11.8 Å². The summed E-state index contributed by atoms with van der Waals surface area (Å²) in [6.07, 6.45) is 4.10. The van der Waals surface area contributed by atoms with E-state index in [4.69, 9.17) is 0 Å². The summed E-state index contributed by atoms with van der Waals surface area (Å²) in [5, 5.41) is 10.4. The Hall–Kier alpha value is -0.730. The van der Waals surface area contributed by atoms with Crippen LogP contribution in [0.15, 0.2) is 47.4 Å². The second-order valence-electron chi connectivity index (χ2n) is 5.88. The van der Waals surface area contributed by atoms with Crippen molar-refractivity contribution in [2.75, 3.05) is 0 Å². The molecule has 2 unspecified atom stereocenters. The maximum absolute atomic E-state index is 10.4. The van der Waals surface area contributed by atoms with Crippen LogP contribution in [0.4, 0.5) is 0 Å². The third-order valence-corrected chi connectivity index (χ3v) is 6.99. The largest absolute Gasteiger partial charge is 0.388 e. The number of benzene rings is 1. The number of rotatable bonds is 2. The molecule has 0 radical (unpaired) electrons. The molecule has 1 aromatic rings. The van der Waals surface area contributed by atoms with Crippen molar-refractivity contribution < 1.29 is 5.11 Å². The smallest absolute Gasteiger partial charge is 0.0879 e. The first-order valence-corrected chi connectivity index (χ1v) is 7.26. The molecule has 4 saturated carbocycles. The molecule has 7 atom stereocenters. The van der Waals surface area contributed by atoms with Crippen molar-refractivity contribution in [1.29, 1.82) is 0 Å². The summed E-state index contributed by atoms with van der Waals surface area (Å²) in [5.74, 6) is 4.30. The Morgan fingerprint density at radius 2 is 1.76 bits per heavy atom. The minimum absolute atomic E-state index is 0.0986. The highest BCUT2D eigenvalue weighted by atomic mass is 32.2. The first kappa shape index (κ1) is 9.23. The average molecular weight is 242 g/mol. The van der Waals surface area contributed by atoms with Crippen LogP contribution in [0.3, 0.4) is 0 Å². The Labute approximate surface area is 105 Å². The molecular weight excluding hydrogens is 228 g/mol. The van der Waals surface area contributed by atoms with E-state index in [2.05, 4.69) is 36.4 Å². The zero-order valence-corrected chi connectivity index (χ0v) is 10.2. The van der Waals surface area contributed by atoms with E-state index in [0.717, 1.165) is 23.7 Å². The normalized spacial score (nSPS) is 55.6. The second kappa shape index (κ2) is 2.65. The van der Waals surface area contributed by atoms with Gasteiger partial charge in [0.05, 0.1) is 10.9 Å². The molecule has 4 fully saturated rings. The summed E-state index contributed by atoms with van der Waals surface area (Å²) in [4.78, 5) is 1.31. The molecule has 1 aromatic carbocycles. The van der Waals surface area contributed by atoms with E-state index in [1.807, 2.05) is 17.8 Å². The quantitative estimate of drug-likeness (QED) is 0.804. The van der Waals surface area contributed by atoms with Crippen molar-refractivity contribution in [3.63, 3.8) is 0 Å². The first-order chi connectivity index (χ1) is 8.34. The Morgan fingerprint density at radius 3 is 2.53 bits per heavy atom. The molecule has 0 heterocycles. The van der Waals surface area contributed by atoms with Crippen LogP contribution < -0.4 is 0 Å². The van der Waals surface area contributed by atoms with E-state index in [1.165, 1.54) is 4.90 Å². The lowest BCUT2D eigenvalue weighted by Gasteiger charge is -2.32. The molecule has 0 aromatic heterocycles. The van der Waals surface area contributed by atoms with Crippen LogP contribution in [0.1, 0.15) is 0 Å². The highest BCUT2D eigenvalue weighted by Gasteiger charge is 2.90. The van der Waals surface area contributed by atoms with Crippen LogP contribution in [-0.2, 0) is 0 Å². The molecule has 5 aliphatic rings. The standard InChI is InChI=1S/C15H14OS/c16-10-7-6-9-11-12-13(11)14(12)15(9,10)17-8-4-2-1-3-5-8/h1-7,9-14,16H/t9-,10+,11?,12-,13+,14?,15-/m1/s1. The molecule has 2 bridgehead atoms. The van der Waals surface area contributed by atoms with Crippen molar-refractivity contribution in [1.82, 2.24) is 0 Å². The number of hydrogen-bond donors (Lipinski definition) is 1. The van der Waals surface area contributed by atoms with Gasteiger partial charge in [-0.25, -0.2) is 0 Å². The fraction of sp³-hybridized carbons (Fsp3) is 0.467. The average Bonchev–Trinajstić information content (AvgIpc) is 3.15. The summed E-state index contributed by atoms with van der Waals surface area (Å²) in [6.45, 7) is 0. The van der Waals surface area contributed by atoms with Gasteiger partial charge in [-0.15, -0.1) is 11.8 Å². The third-order valence-electron chi connectivity index (χ3n) is 5.34. The topological polar surface area (TPSA) is 20.2 Å². The van der Waals surface area contributed by atoms with Crippen LogP contribution in [0.5, 0.6) is 0 Å². The van der Waals surface area contributed by atoms with Crippen LogP contribution >= 0.6 is 11.8 Å².